The number of pyridine rings is 1. The molecule has 6 nitrogen and oxygen atoms in total. The molecule has 0 spiro atoms. The van der Waals surface area contributed by atoms with Gasteiger partial charge in [0, 0.05) is 43.6 Å². The lowest BCUT2D eigenvalue weighted by Gasteiger charge is -2.19. The van der Waals surface area contributed by atoms with Crippen molar-refractivity contribution in [3.8, 4) is 11.3 Å². The Morgan fingerprint density at radius 1 is 1.03 bits per heavy atom. The summed E-state index contributed by atoms with van der Waals surface area (Å²) in [5.74, 6) is 1.79. The molecule has 3 aromatic heterocycles. The van der Waals surface area contributed by atoms with Crippen LogP contribution in [0.2, 0.25) is 5.02 Å². The van der Waals surface area contributed by atoms with E-state index in [2.05, 4.69) is 31.0 Å². The monoisotopic (exact) mass is 462 g/mol. The third kappa shape index (κ3) is 4.18. The van der Waals surface area contributed by atoms with Gasteiger partial charge in [0.2, 0.25) is 0 Å². The number of likely N-dealkylation sites (tertiary alicyclic amines) is 1. The number of aromatic nitrogens is 4. The maximum absolute atomic E-state index is 13.6. The average Bonchev–Trinajstić information content (AvgIpc) is 3.48. The normalized spacial score (nSPS) is 22.7. The second-order valence-electron chi connectivity index (χ2n) is 9.15. The van der Waals surface area contributed by atoms with Crippen molar-refractivity contribution in [2.45, 2.75) is 25.4 Å². The van der Waals surface area contributed by atoms with E-state index in [9.17, 15) is 4.39 Å². The Morgan fingerprint density at radius 2 is 1.88 bits per heavy atom. The lowest BCUT2D eigenvalue weighted by atomic mass is 10.0. The van der Waals surface area contributed by atoms with Crippen LogP contribution in [0, 0.1) is 17.7 Å². The van der Waals surface area contributed by atoms with E-state index in [1.165, 1.54) is 18.2 Å². The Morgan fingerprint density at radius 3 is 2.64 bits per heavy atom. The third-order valence-corrected chi connectivity index (χ3v) is 7.18. The molecule has 4 aromatic rings. The van der Waals surface area contributed by atoms with Gasteiger partial charge in [-0.3, -0.25) is 4.90 Å². The minimum atomic E-state index is -0.342. The topological polar surface area (TPSA) is 58.4 Å². The van der Waals surface area contributed by atoms with Crippen molar-refractivity contribution in [3.05, 3.63) is 77.5 Å². The molecule has 0 amide bonds. The molecule has 1 saturated heterocycles. The maximum Gasteiger partial charge on any atom is 0.148 e. The number of anilines is 1. The molecule has 168 valence electrons. The molecule has 6 rings (SSSR count). The van der Waals surface area contributed by atoms with Gasteiger partial charge in [0.15, 0.2) is 0 Å². The van der Waals surface area contributed by atoms with Gasteiger partial charge in [-0.15, -0.1) is 10.2 Å². The summed E-state index contributed by atoms with van der Waals surface area (Å²) in [4.78, 5) is 7.28. The van der Waals surface area contributed by atoms with Crippen LogP contribution in [0.1, 0.15) is 18.5 Å². The fraction of sp³-hybridized carbons (Fsp3) is 0.320. The average molecular weight is 463 g/mol. The molecular formula is C25H24ClFN6. The van der Waals surface area contributed by atoms with Gasteiger partial charge in [-0.1, -0.05) is 17.7 Å². The number of nitrogens with zero attached hydrogens (tertiary/aromatic N) is 5. The first-order valence-electron chi connectivity index (χ1n) is 11.3. The molecule has 0 bridgehead atoms. The smallest absolute Gasteiger partial charge is 0.148 e. The SMILES string of the molecule is Fc1ccc(Cl)c(-c2ccc(N[C@@H]3C[C@@H]4CN(Cc5cn6ccccc6n5)C[C@@H]4C3)nn2)c1. The minimum absolute atomic E-state index is 0.342. The van der Waals surface area contributed by atoms with Crippen molar-refractivity contribution < 1.29 is 4.39 Å². The second-order valence-corrected chi connectivity index (χ2v) is 9.56. The van der Waals surface area contributed by atoms with Crippen molar-refractivity contribution in [3.63, 3.8) is 0 Å². The summed E-state index contributed by atoms with van der Waals surface area (Å²) in [7, 11) is 0. The standard InChI is InChI=1S/C25H24ClFN6/c26-22-5-4-18(27)11-21(22)23-6-7-24(31-30-23)28-19-9-16-12-32(13-17(16)10-19)14-20-15-33-8-2-1-3-25(33)29-20/h1-8,11,15-17,19H,9-10,12-14H2,(H,28,31)/t16-,17+,19-. The van der Waals surface area contributed by atoms with Gasteiger partial charge in [0.1, 0.15) is 17.3 Å². The van der Waals surface area contributed by atoms with E-state index in [0.29, 0.717) is 34.2 Å². The summed E-state index contributed by atoms with van der Waals surface area (Å²) in [6.07, 6.45) is 6.44. The quantitative estimate of drug-likeness (QED) is 0.457. The molecular weight excluding hydrogens is 439 g/mol. The maximum atomic E-state index is 13.6. The van der Waals surface area contributed by atoms with Gasteiger partial charge in [-0.05, 0) is 67.1 Å². The Hall–Kier alpha value is -3.03. The second kappa shape index (κ2) is 8.39. The molecule has 0 unspecified atom stereocenters. The lowest BCUT2D eigenvalue weighted by molar-refractivity contribution is 0.298. The fourth-order valence-corrected chi connectivity index (χ4v) is 5.61. The van der Waals surface area contributed by atoms with E-state index in [0.717, 1.165) is 49.6 Å². The van der Waals surface area contributed by atoms with Crippen LogP contribution in [0.4, 0.5) is 10.2 Å². The first-order valence-corrected chi connectivity index (χ1v) is 11.7. The Labute approximate surface area is 196 Å². The van der Waals surface area contributed by atoms with Crippen LogP contribution in [0.15, 0.2) is 60.9 Å². The first kappa shape index (κ1) is 20.6. The first-order chi connectivity index (χ1) is 16.1. The summed E-state index contributed by atoms with van der Waals surface area (Å²) in [5, 5.41) is 12.6. The highest BCUT2D eigenvalue weighted by Gasteiger charge is 2.41. The zero-order valence-corrected chi connectivity index (χ0v) is 18.8. The zero-order chi connectivity index (χ0) is 22.4. The van der Waals surface area contributed by atoms with Crippen molar-refractivity contribution in [1.82, 2.24) is 24.5 Å². The van der Waals surface area contributed by atoms with Crippen molar-refractivity contribution >= 4 is 23.1 Å². The zero-order valence-electron chi connectivity index (χ0n) is 18.0. The van der Waals surface area contributed by atoms with Crippen molar-refractivity contribution in [2.75, 3.05) is 18.4 Å². The highest BCUT2D eigenvalue weighted by atomic mass is 35.5. The van der Waals surface area contributed by atoms with Gasteiger partial charge >= 0.3 is 0 Å². The van der Waals surface area contributed by atoms with Gasteiger partial charge in [-0.2, -0.15) is 0 Å². The number of benzene rings is 1. The number of nitrogens with one attached hydrogen (secondary N) is 1. The third-order valence-electron chi connectivity index (χ3n) is 6.85. The largest absolute Gasteiger partial charge is 0.366 e. The van der Waals surface area contributed by atoms with Gasteiger partial charge in [-0.25, -0.2) is 9.37 Å². The molecule has 3 atom stereocenters. The van der Waals surface area contributed by atoms with E-state index in [1.54, 1.807) is 0 Å². The number of fused-ring (bicyclic) bond motifs is 2. The van der Waals surface area contributed by atoms with E-state index < -0.39 is 0 Å². The number of rotatable bonds is 5. The minimum Gasteiger partial charge on any atom is -0.366 e. The van der Waals surface area contributed by atoms with Gasteiger partial charge < -0.3 is 9.72 Å². The summed E-state index contributed by atoms with van der Waals surface area (Å²) < 4.78 is 15.7. The van der Waals surface area contributed by atoms with E-state index in [4.69, 9.17) is 16.6 Å². The summed E-state index contributed by atoms with van der Waals surface area (Å²) >= 11 is 6.19. The Kier molecular flexibility index (Phi) is 5.23. The van der Waals surface area contributed by atoms with E-state index >= 15 is 0 Å². The van der Waals surface area contributed by atoms with Crippen LogP contribution in [0.3, 0.4) is 0 Å². The summed E-state index contributed by atoms with van der Waals surface area (Å²) in [6, 6.07) is 14.5. The predicted molar refractivity (Wildman–Crippen MR) is 127 cm³/mol. The van der Waals surface area contributed by atoms with E-state index in [1.807, 2.05) is 36.5 Å². The molecule has 33 heavy (non-hydrogen) atoms. The molecule has 2 aliphatic rings. The molecule has 4 heterocycles. The predicted octanol–water partition coefficient (Wildman–Crippen LogP) is 4.91. The van der Waals surface area contributed by atoms with Crippen LogP contribution in [-0.2, 0) is 6.54 Å². The molecule has 1 saturated carbocycles. The summed E-state index contributed by atoms with van der Waals surface area (Å²) in [6.45, 7) is 3.13. The highest BCUT2D eigenvalue weighted by molar-refractivity contribution is 6.33. The molecule has 1 aliphatic carbocycles. The molecule has 0 radical (unpaired) electrons. The Balaban J connectivity index is 1.05. The molecule has 1 aromatic carbocycles. The van der Waals surface area contributed by atoms with Crippen LogP contribution < -0.4 is 5.32 Å². The van der Waals surface area contributed by atoms with Crippen molar-refractivity contribution in [2.24, 2.45) is 11.8 Å². The molecule has 8 heteroatoms. The summed E-state index contributed by atoms with van der Waals surface area (Å²) in [5.41, 5.74) is 3.25. The number of imidazole rings is 1. The van der Waals surface area contributed by atoms with E-state index in [-0.39, 0.29) is 5.82 Å². The van der Waals surface area contributed by atoms with Gasteiger partial charge in [0.25, 0.3) is 0 Å². The molecule has 2 fully saturated rings. The number of hydrogen-bond donors (Lipinski definition) is 1. The highest BCUT2D eigenvalue weighted by Crippen LogP contribution is 2.39. The number of hydrogen-bond acceptors (Lipinski definition) is 5. The molecule has 1 aliphatic heterocycles. The van der Waals surface area contributed by atoms with Crippen molar-refractivity contribution in [1.29, 1.82) is 0 Å². The van der Waals surface area contributed by atoms with Crippen LogP contribution >= 0.6 is 11.6 Å². The van der Waals surface area contributed by atoms with Crippen LogP contribution in [0.5, 0.6) is 0 Å². The number of halogens is 2. The fourth-order valence-electron chi connectivity index (χ4n) is 5.39. The van der Waals surface area contributed by atoms with Crippen LogP contribution in [-0.4, -0.2) is 43.6 Å². The lowest BCUT2D eigenvalue weighted by Crippen LogP contribution is -2.25. The van der Waals surface area contributed by atoms with Crippen LogP contribution in [0.25, 0.3) is 16.9 Å². The molecule has 1 N–H and O–H groups in total. The van der Waals surface area contributed by atoms with Gasteiger partial charge in [0.05, 0.1) is 16.4 Å². The Bertz CT molecular complexity index is 1240.